The van der Waals surface area contributed by atoms with Crippen LogP contribution in [0.4, 0.5) is 0 Å². The Morgan fingerprint density at radius 1 is 1.08 bits per heavy atom. The van der Waals surface area contributed by atoms with Crippen molar-refractivity contribution in [2.24, 2.45) is 5.92 Å². The van der Waals surface area contributed by atoms with Gasteiger partial charge in [0.1, 0.15) is 0 Å². The van der Waals surface area contributed by atoms with Crippen molar-refractivity contribution in [2.75, 3.05) is 0 Å². The van der Waals surface area contributed by atoms with Gasteiger partial charge in [0.25, 0.3) is 0 Å². The summed E-state index contributed by atoms with van der Waals surface area (Å²) in [6.07, 6.45) is 2.85. The molecule has 3 nitrogen and oxygen atoms in total. The van der Waals surface area contributed by atoms with Gasteiger partial charge in [-0.25, -0.2) is 0 Å². The molecule has 1 fully saturated rings. The summed E-state index contributed by atoms with van der Waals surface area (Å²) >= 11 is 0. The molecule has 1 unspecified atom stereocenters. The van der Waals surface area contributed by atoms with E-state index in [1.807, 2.05) is 29.2 Å². The minimum absolute atomic E-state index is 0. The van der Waals surface area contributed by atoms with Crippen LogP contribution in [0.1, 0.15) is 24.0 Å². The molecule has 2 atom stereocenters. The summed E-state index contributed by atoms with van der Waals surface area (Å²) < 4.78 is 0. The summed E-state index contributed by atoms with van der Waals surface area (Å²) in [6, 6.07) is 16.8. The molecule has 2 heterocycles. The summed E-state index contributed by atoms with van der Waals surface area (Å²) in [5.41, 5.74) is 6.92. The topological polar surface area (TPSA) is 43.4 Å². The second kappa shape index (κ2) is 6.77. The second-order valence-corrected chi connectivity index (χ2v) is 7.10. The zero-order chi connectivity index (χ0) is 17.1. The Labute approximate surface area is 195 Å². The van der Waals surface area contributed by atoms with E-state index in [0.29, 0.717) is 5.70 Å². The molecule has 124 valence electrons. The maximum absolute atomic E-state index is 11.9. The third-order valence-electron chi connectivity index (χ3n) is 5.90. The molecule has 1 aliphatic carbocycles. The molecular formula is C22H18KNO2. The van der Waals surface area contributed by atoms with Gasteiger partial charge >= 0.3 is 51.4 Å². The molecule has 5 rings (SSSR count). The van der Waals surface area contributed by atoms with E-state index >= 15 is 0 Å². The van der Waals surface area contributed by atoms with Crippen molar-refractivity contribution in [1.29, 1.82) is 0 Å². The zero-order valence-electron chi connectivity index (χ0n) is 14.9. The van der Waals surface area contributed by atoms with Crippen molar-refractivity contribution in [1.82, 2.24) is 4.90 Å². The van der Waals surface area contributed by atoms with Gasteiger partial charge in [0.15, 0.2) is 0 Å². The number of benzene rings is 2. The van der Waals surface area contributed by atoms with E-state index in [1.54, 1.807) is 0 Å². The normalized spacial score (nSPS) is 22.8. The van der Waals surface area contributed by atoms with Crippen LogP contribution in [0.2, 0.25) is 0 Å². The molecule has 3 aliphatic rings. The smallest absolute Gasteiger partial charge is 0.543 e. The fraction of sp³-hybridized carbons (Fsp3) is 0.227. The molecule has 2 aromatic rings. The van der Waals surface area contributed by atoms with Gasteiger partial charge in [-0.05, 0) is 40.7 Å². The average Bonchev–Trinajstić information content (AvgIpc) is 2.91. The van der Waals surface area contributed by atoms with Crippen LogP contribution in [0.25, 0.3) is 16.7 Å². The van der Waals surface area contributed by atoms with Crippen molar-refractivity contribution < 1.29 is 61.3 Å². The number of carboxylic acid groups (broad SMARTS) is 1. The molecule has 0 aromatic heterocycles. The van der Waals surface area contributed by atoms with E-state index in [4.69, 9.17) is 0 Å². The predicted molar refractivity (Wildman–Crippen MR) is 95.0 cm³/mol. The van der Waals surface area contributed by atoms with E-state index in [2.05, 4.69) is 30.8 Å². The Morgan fingerprint density at radius 2 is 1.81 bits per heavy atom. The van der Waals surface area contributed by atoms with E-state index < -0.39 is 5.97 Å². The Kier molecular flexibility index (Phi) is 4.74. The molecular weight excluding hydrogens is 349 g/mol. The van der Waals surface area contributed by atoms with Gasteiger partial charge in [0, 0.05) is 24.1 Å². The van der Waals surface area contributed by atoms with Crippen LogP contribution >= 0.6 is 0 Å². The van der Waals surface area contributed by atoms with Crippen LogP contribution in [-0.4, -0.2) is 16.9 Å². The van der Waals surface area contributed by atoms with Crippen molar-refractivity contribution >= 4 is 11.5 Å². The number of carbonyl (C=O) groups is 1. The number of hydrogen-bond acceptors (Lipinski definition) is 3. The van der Waals surface area contributed by atoms with Crippen LogP contribution in [0.5, 0.6) is 0 Å². The molecule has 0 radical (unpaired) electrons. The third-order valence-corrected chi connectivity index (χ3v) is 5.90. The first-order chi connectivity index (χ1) is 12.2. The summed E-state index contributed by atoms with van der Waals surface area (Å²) in [4.78, 5) is 13.8. The average molecular weight is 367 g/mol. The quantitative estimate of drug-likeness (QED) is 0.701. The Morgan fingerprint density at radius 3 is 2.50 bits per heavy atom. The van der Waals surface area contributed by atoms with Crippen molar-refractivity contribution in [3.8, 4) is 11.1 Å². The summed E-state index contributed by atoms with van der Waals surface area (Å²) in [5.74, 6) is -0.807. The Bertz CT molecular complexity index is 948. The van der Waals surface area contributed by atoms with Crippen LogP contribution in [-0.2, 0) is 11.2 Å². The van der Waals surface area contributed by atoms with E-state index in [1.165, 1.54) is 16.7 Å². The van der Waals surface area contributed by atoms with Crippen LogP contribution < -0.4 is 56.5 Å². The largest absolute Gasteiger partial charge is 1.00 e. The first kappa shape index (κ1) is 18.2. The van der Waals surface area contributed by atoms with Gasteiger partial charge in [-0.1, -0.05) is 55.1 Å². The number of aliphatic carboxylic acids is 1. The minimum atomic E-state index is -1.08. The Balaban J connectivity index is 0.00000168. The molecule has 0 saturated carbocycles. The molecule has 0 bridgehead atoms. The fourth-order valence-corrected chi connectivity index (χ4v) is 4.87. The van der Waals surface area contributed by atoms with E-state index in [0.717, 1.165) is 36.1 Å². The van der Waals surface area contributed by atoms with Crippen molar-refractivity contribution in [3.63, 3.8) is 0 Å². The number of rotatable bonds is 2. The number of carboxylic acids is 1. The van der Waals surface area contributed by atoms with Crippen LogP contribution in [0.15, 0.2) is 66.5 Å². The predicted octanol–water partition coefficient (Wildman–Crippen LogP) is -0.0174. The number of fused-ring (bicyclic) bond motifs is 5. The molecule has 4 heteroatoms. The summed E-state index contributed by atoms with van der Waals surface area (Å²) in [7, 11) is 0. The maximum Gasteiger partial charge on any atom is 1.00 e. The molecule has 0 spiro atoms. The molecule has 26 heavy (non-hydrogen) atoms. The first-order valence-electron chi connectivity index (χ1n) is 8.77. The van der Waals surface area contributed by atoms with Crippen molar-refractivity contribution in [2.45, 2.75) is 25.3 Å². The van der Waals surface area contributed by atoms with Crippen molar-refractivity contribution in [3.05, 3.63) is 77.6 Å². The standard InChI is InChI=1S/C22H19NO2.K/c1-13-12-19-18-11-10-16-15(14-6-3-2-4-7-14)8-5-9-17(16)20(18)21(22(24)25)23(13)19;/h2-9,18-19H,1,10-12H2,(H,24,25);/q;+1/p-1/t18-,19?;/m1./s1. The zero-order valence-corrected chi connectivity index (χ0v) is 18.0. The minimum Gasteiger partial charge on any atom is -0.543 e. The molecule has 2 aliphatic heterocycles. The van der Waals surface area contributed by atoms with Crippen LogP contribution in [0, 0.1) is 5.92 Å². The van der Waals surface area contributed by atoms with Gasteiger partial charge in [0.2, 0.25) is 0 Å². The molecule has 1 saturated heterocycles. The summed E-state index contributed by atoms with van der Waals surface area (Å²) in [6.45, 7) is 4.02. The van der Waals surface area contributed by atoms with Crippen LogP contribution in [0.3, 0.4) is 0 Å². The molecule has 2 aromatic carbocycles. The summed E-state index contributed by atoms with van der Waals surface area (Å²) in [5, 5.41) is 11.9. The van der Waals surface area contributed by atoms with E-state index in [-0.39, 0.29) is 63.3 Å². The number of carbonyl (C=O) groups excluding carboxylic acids is 1. The van der Waals surface area contributed by atoms with Gasteiger partial charge in [-0.15, -0.1) is 0 Å². The maximum atomic E-state index is 11.9. The fourth-order valence-electron chi connectivity index (χ4n) is 4.87. The second-order valence-electron chi connectivity index (χ2n) is 7.10. The molecule has 0 amide bonds. The Hall–Kier alpha value is -1.17. The van der Waals surface area contributed by atoms with E-state index in [9.17, 15) is 9.90 Å². The number of hydrogen-bond donors (Lipinski definition) is 0. The third kappa shape index (κ3) is 2.51. The SMILES string of the molecule is C=C1CC2[C@H]3CCc4c(cccc4-c4ccccc4)C3=C(C(=O)[O-])N12.[K+]. The first-order valence-corrected chi connectivity index (χ1v) is 8.77. The van der Waals surface area contributed by atoms with Gasteiger partial charge in [-0.3, -0.25) is 0 Å². The van der Waals surface area contributed by atoms with Gasteiger partial charge < -0.3 is 14.8 Å². The van der Waals surface area contributed by atoms with Gasteiger partial charge in [-0.2, -0.15) is 0 Å². The monoisotopic (exact) mass is 367 g/mol. The number of nitrogens with zero attached hydrogens (tertiary/aromatic N) is 1. The van der Waals surface area contributed by atoms with Gasteiger partial charge in [0.05, 0.1) is 11.7 Å². The molecule has 0 N–H and O–H groups in total.